The van der Waals surface area contributed by atoms with Crippen LogP contribution in [0.5, 0.6) is 0 Å². The van der Waals surface area contributed by atoms with Crippen molar-refractivity contribution in [1.29, 1.82) is 0 Å². The lowest BCUT2D eigenvalue weighted by molar-refractivity contribution is -0.121. The predicted molar refractivity (Wildman–Crippen MR) is 94.5 cm³/mol. The molecule has 5 heteroatoms. The number of nitrogens with one attached hydrogen (secondary N) is 1. The van der Waals surface area contributed by atoms with Crippen LogP contribution < -0.4 is 5.32 Å². The molecule has 0 spiro atoms. The van der Waals surface area contributed by atoms with Gasteiger partial charge < -0.3 is 10.1 Å². The van der Waals surface area contributed by atoms with E-state index in [1.807, 2.05) is 6.92 Å². The van der Waals surface area contributed by atoms with Gasteiger partial charge in [0.15, 0.2) is 0 Å². The molecule has 2 bridgehead atoms. The number of ether oxygens (including phenoxy) is 1. The van der Waals surface area contributed by atoms with Crippen LogP contribution in [0, 0.1) is 17.8 Å². The monoisotopic (exact) mass is 347 g/mol. The summed E-state index contributed by atoms with van der Waals surface area (Å²) >= 11 is 1.59. The minimum Gasteiger partial charge on any atom is -0.462 e. The van der Waals surface area contributed by atoms with Gasteiger partial charge in [-0.15, -0.1) is 11.3 Å². The normalized spacial score (nSPS) is 27.8. The Balaban J connectivity index is 1.58. The predicted octanol–water partition coefficient (Wildman–Crippen LogP) is 4.18. The van der Waals surface area contributed by atoms with E-state index >= 15 is 0 Å². The lowest BCUT2D eigenvalue weighted by Gasteiger charge is -2.20. The first-order chi connectivity index (χ1) is 11.7. The van der Waals surface area contributed by atoms with Crippen LogP contribution in [0.1, 0.15) is 66.2 Å². The molecule has 0 saturated heterocycles. The quantitative estimate of drug-likeness (QED) is 0.831. The molecule has 24 heavy (non-hydrogen) atoms. The van der Waals surface area contributed by atoms with Crippen LogP contribution in [0.25, 0.3) is 0 Å². The zero-order valence-corrected chi connectivity index (χ0v) is 15.0. The highest BCUT2D eigenvalue weighted by Crippen LogP contribution is 2.49. The van der Waals surface area contributed by atoms with Crippen LogP contribution in [-0.4, -0.2) is 18.5 Å². The van der Waals surface area contributed by atoms with Gasteiger partial charge in [-0.2, -0.15) is 0 Å². The molecular formula is C19H25NO3S. The lowest BCUT2D eigenvalue weighted by atomic mass is 9.88. The number of thiophene rings is 1. The van der Waals surface area contributed by atoms with E-state index < -0.39 is 0 Å². The van der Waals surface area contributed by atoms with E-state index in [0.29, 0.717) is 18.1 Å². The summed E-state index contributed by atoms with van der Waals surface area (Å²) in [7, 11) is 0. The molecule has 1 amide bonds. The molecule has 4 nitrogen and oxygen atoms in total. The highest BCUT2D eigenvalue weighted by Gasteiger charge is 2.43. The molecule has 0 aromatic carbocycles. The van der Waals surface area contributed by atoms with Crippen LogP contribution in [-0.2, 0) is 22.4 Å². The summed E-state index contributed by atoms with van der Waals surface area (Å²) in [6.45, 7) is 2.19. The van der Waals surface area contributed by atoms with Crippen LogP contribution in [0.15, 0.2) is 0 Å². The van der Waals surface area contributed by atoms with E-state index in [9.17, 15) is 9.59 Å². The lowest BCUT2D eigenvalue weighted by Crippen LogP contribution is -2.27. The van der Waals surface area contributed by atoms with Crippen molar-refractivity contribution in [1.82, 2.24) is 0 Å². The second-order valence-electron chi connectivity index (χ2n) is 7.41. The van der Waals surface area contributed by atoms with E-state index in [-0.39, 0.29) is 17.8 Å². The van der Waals surface area contributed by atoms with Crippen LogP contribution in [0.3, 0.4) is 0 Å². The first-order valence-electron chi connectivity index (χ1n) is 9.30. The summed E-state index contributed by atoms with van der Waals surface area (Å²) < 4.78 is 5.27. The molecule has 3 aliphatic carbocycles. The van der Waals surface area contributed by atoms with Gasteiger partial charge in [-0.3, -0.25) is 4.79 Å². The Morgan fingerprint density at radius 1 is 1.21 bits per heavy atom. The molecule has 0 aliphatic heterocycles. The van der Waals surface area contributed by atoms with Gasteiger partial charge in [0, 0.05) is 10.8 Å². The minimum atomic E-state index is -0.278. The largest absolute Gasteiger partial charge is 0.462 e. The molecule has 1 N–H and O–H groups in total. The van der Waals surface area contributed by atoms with Crippen molar-refractivity contribution < 1.29 is 14.3 Å². The number of aryl methyl sites for hydroxylation is 1. The van der Waals surface area contributed by atoms with Crippen molar-refractivity contribution in [3.8, 4) is 0 Å². The summed E-state index contributed by atoms with van der Waals surface area (Å²) in [6.07, 6.45) is 8.91. The Morgan fingerprint density at radius 2 is 2.04 bits per heavy atom. The maximum atomic E-state index is 12.8. The van der Waals surface area contributed by atoms with Gasteiger partial charge >= 0.3 is 5.97 Å². The SMILES string of the molecule is CCOC(=O)c1c(NC(=O)[C@H]2C[C@H]3CC[C@@H]2C3)sc2c1CCCC2. The van der Waals surface area contributed by atoms with Crippen LogP contribution in [0.4, 0.5) is 5.00 Å². The van der Waals surface area contributed by atoms with E-state index in [4.69, 9.17) is 4.74 Å². The van der Waals surface area contributed by atoms with Crippen LogP contribution in [0.2, 0.25) is 0 Å². The maximum absolute atomic E-state index is 12.8. The highest BCUT2D eigenvalue weighted by molar-refractivity contribution is 7.17. The average molecular weight is 347 g/mol. The Hall–Kier alpha value is -1.36. The van der Waals surface area contributed by atoms with Gasteiger partial charge in [-0.1, -0.05) is 6.42 Å². The van der Waals surface area contributed by atoms with Crippen LogP contribution >= 0.6 is 11.3 Å². The summed E-state index contributed by atoms with van der Waals surface area (Å²) in [5.41, 5.74) is 1.75. The summed E-state index contributed by atoms with van der Waals surface area (Å²) in [5.74, 6) is 1.27. The minimum absolute atomic E-state index is 0.117. The Labute approximate surface area is 147 Å². The standard InChI is InChI=1S/C19H25NO3S/c1-2-23-19(22)16-13-5-3-4-6-15(13)24-18(16)20-17(21)14-10-11-7-8-12(14)9-11/h11-12,14H,2-10H2,1H3,(H,20,21)/t11-,12+,14-/m0/s1. The van der Waals surface area contributed by atoms with Crippen molar-refractivity contribution in [2.45, 2.75) is 58.3 Å². The summed E-state index contributed by atoms with van der Waals surface area (Å²) in [6, 6.07) is 0. The third-order valence-corrected chi connectivity index (χ3v) is 7.17. The number of esters is 1. The summed E-state index contributed by atoms with van der Waals surface area (Å²) in [4.78, 5) is 26.5. The average Bonchev–Trinajstić information content (AvgIpc) is 3.28. The maximum Gasteiger partial charge on any atom is 0.341 e. The fourth-order valence-electron chi connectivity index (χ4n) is 4.84. The molecule has 3 atom stereocenters. The molecule has 4 rings (SSSR count). The first-order valence-corrected chi connectivity index (χ1v) is 10.1. The number of anilines is 1. The zero-order valence-electron chi connectivity index (χ0n) is 14.2. The number of carbonyl (C=O) groups is 2. The fourth-order valence-corrected chi connectivity index (χ4v) is 6.12. The Kier molecular flexibility index (Phi) is 4.37. The number of amides is 1. The van der Waals surface area contributed by atoms with Crippen molar-refractivity contribution in [2.75, 3.05) is 11.9 Å². The van der Waals surface area contributed by atoms with E-state index in [0.717, 1.165) is 48.6 Å². The second kappa shape index (κ2) is 6.51. The molecule has 2 saturated carbocycles. The molecule has 3 aliphatic rings. The van der Waals surface area contributed by atoms with Gasteiger partial charge in [-0.05, 0) is 69.3 Å². The topological polar surface area (TPSA) is 55.4 Å². The number of carbonyl (C=O) groups excluding carboxylic acids is 2. The Morgan fingerprint density at radius 3 is 2.75 bits per heavy atom. The molecule has 2 fully saturated rings. The molecule has 1 heterocycles. The molecule has 0 unspecified atom stereocenters. The van der Waals surface area contributed by atoms with Gasteiger partial charge in [0.2, 0.25) is 5.91 Å². The zero-order chi connectivity index (χ0) is 16.7. The van der Waals surface area contributed by atoms with Crippen molar-refractivity contribution in [3.63, 3.8) is 0 Å². The Bertz CT molecular complexity index is 666. The molecule has 130 valence electrons. The number of rotatable bonds is 4. The first kappa shape index (κ1) is 16.1. The fraction of sp³-hybridized carbons (Fsp3) is 0.684. The smallest absolute Gasteiger partial charge is 0.341 e. The third kappa shape index (κ3) is 2.77. The van der Waals surface area contributed by atoms with Gasteiger partial charge in [0.25, 0.3) is 0 Å². The van der Waals surface area contributed by atoms with Crippen molar-refractivity contribution in [2.24, 2.45) is 17.8 Å². The summed E-state index contributed by atoms with van der Waals surface area (Å²) in [5, 5.41) is 3.84. The van der Waals surface area contributed by atoms with Gasteiger partial charge in [0.1, 0.15) is 5.00 Å². The molecule has 1 aromatic rings. The van der Waals surface area contributed by atoms with Crippen molar-refractivity contribution in [3.05, 3.63) is 16.0 Å². The molecular weight excluding hydrogens is 322 g/mol. The number of hydrogen-bond donors (Lipinski definition) is 1. The number of hydrogen-bond acceptors (Lipinski definition) is 4. The highest BCUT2D eigenvalue weighted by atomic mass is 32.1. The van der Waals surface area contributed by atoms with Gasteiger partial charge in [0.05, 0.1) is 12.2 Å². The van der Waals surface area contributed by atoms with E-state index in [2.05, 4.69) is 5.32 Å². The molecule has 1 aromatic heterocycles. The number of fused-ring (bicyclic) bond motifs is 3. The van der Waals surface area contributed by atoms with E-state index in [1.54, 1.807) is 11.3 Å². The molecule has 0 radical (unpaired) electrons. The van der Waals surface area contributed by atoms with Crippen molar-refractivity contribution >= 4 is 28.2 Å². The van der Waals surface area contributed by atoms with Gasteiger partial charge in [-0.25, -0.2) is 4.79 Å². The second-order valence-corrected chi connectivity index (χ2v) is 8.51. The third-order valence-electron chi connectivity index (χ3n) is 5.96. The van der Waals surface area contributed by atoms with E-state index in [1.165, 1.54) is 24.1 Å².